The molecule has 0 aliphatic rings. The summed E-state index contributed by atoms with van der Waals surface area (Å²) in [5.41, 5.74) is 0.630. The van der Waals surface area contributed by atoms with E-state index in [0.29, 0.717) is 17.4 Å². The molecular formula is C14H17FN2O4S. The summed E-state index contributed by atoms with van der Waals surface area (Å²) < 4.78 is 43.0. The van der Waals surface area contributed by atoms with Crippen molar-refractivity contribution < 1.29 is 22.0 Å². The summed E-state index contributed by atoms with van der Waals surface area (Å²) in [6, 6.07) is 4.51. The summed E-state index contributed by atoms with van der Waals surface area (Å²) in [5.74, 6) is -0.902. The van der Waals surface area contributed by atoms with E-state index in [4.69, 9.17) is 4.42 Å². The van der Waals surface area contributed by atoms with Gasteiger partial charge in [0.05, 0.1) is 6.26 Å². The van der Waals surface area contributed by atoms with Crippen LogP contribution >= 0.6 is 0 Å². The van der Waals surface area contributed by atoms with Crippen molar-refractivity contribution in [2.45, 2.75) is 13.3 Å². The molecule has 1 amide bonds. The number of amides is 1. The van der Waals surface area contributed by atoms with Gasteiger partial charge in [-0.3, -0.25) is 4.79 Å². The number of rotatable bonds is 6. The van der Waals surface area contributed by atoms with Gasteiger partial charge in [0.25, 0.3) is 5.91 Å². The number of carbonyl (C=O) groups is 1. The average Bonchev–Trinajstić information content (AvgIpc) is 2.76. The van der Waals surface area contributed by atoms with E-state index in [1.165, 1.54) is 6.07 Å². The van der Waals surface area contributed by atoms with Gasteiger partial charge in [-0.25, -0.2) is 17.5 Å². The highest BCUT2D eigenvalue weighted by Gasteiger charge is 2.18. The van der Waals surface area contributed by atoms with E-state index in [1.807, 2.05) is 0 Å². The lowest BCUT2D eigenvalue weighted by molar-refractivity contribution is 0.0927. The third-order valence-corrected chi connectivity index (χ3v) is 3.85. The molecule has 0 unspecified atom stereocenters. The van der Waals surface area contributed by atoms with Gasteiger partial charge >= 0.3 is 0 Å². The fourth-order valence-corrected chi connectivity index (χ4v) is 2.57. The number of aryl methyl sites for hydroxylation is 1. The van der Waals surface area contributed by atoms with Gasteiger partial charge in [0.1, 0.15) is 0 Å². The van der Waals surface area contributed by atoms with Crippen LogP contribution in [0.3, 0.4) is 0 Å². The van der Waals surface area contributed by atoms with Crippen molar-refractivity contribution in [3.63, 3.8) is 0 Å². The van der Waals surface area contributed by atoms with Crippen molar-refractivity contribution in [3.8, 4) is 0 Å². The van der Waals surface area contributed by atoms with Crippen LogP contribution in [0.1, 0.15) is 22.5 Å². The molecule has 8 heteroatoms. The minimum atomic E-state index is -3.23. The number of nitrogens with one attached hydrogen (secondary N) is 2. The van der Waals surface area contributed by atoms with Crippen molar-refractivity contribution in [1.82, 2.24) is 10.0 Å². The van der Waals surface area contributed by atoms with E-state index in [0.717, 1.165) is 6.26 Å². The van der Waals surface area contributed by atoms with Crippen molar-refractivity contribution in [1.29, 1.82) is 0 Å². The molecule has 0 bridgehead atoms. The molecule has 0 radical (unpaired) electrons. The van der Waals surface area contributed by atoms with Crippen LogP contribution in [0.25, 0.3) is 11.0 Å². The van der Waals surface area contributed by atoms with Crippen molar-refractivity contribution in [2.24, 2.45) is 0 Å². The summed E-state index contributed by atoms with van der Waals surface area (Å²) in [7, 11) is -3.23. The Labute approximate surface area is 127 Å². The predicted octanol–water partition coefficient (Wildman–Crippen LogP) is 1.55. The number of furan rings is 1. The Kier molecular flexibility index (Phi) is 4.82. The van der Waals surface area contributed by atoms with Gasteiger partial charge in [0, 0.05) is 24.0 Å². The van der Waals surface area contributed by atoms with Crippen LogP contribution in [-0.4, -0.2) is 33.7 Å². The number of sulfonamides is 1. The first-order chi connectivity index (χ1) is 10.3. The van der Waals surface area contributed by atoms with Gasteiger partial charge in [-0.2, -0.15) is 0 Å². The van der Waals surface area contributed by atoms with Crippen LogP contribution in [0.4, 0.5) is 4.39 Å². The molecule has 0 atom stereocenters. The van der Waals surface area contributed by atoms with E-state index in [2.05, 4.69) is 10.0 Å². The molecule has 1 heterocycles. The topological polar surface area (TPSA) is 88.4 Å². The molecule has 0 spiro atoms. The zero-order chi connectivity index (χ0) is 16.3. The summed E-state index contributed by atoms with van der Waals surface area (Å²) >= 11 is 0. The molecular weight excluding hydrogens is 311 g/mol. The lowest BCUT2D eigenvalue weighted by Gasteiger charge is -2.04. The van der Waals surface area contributed by atoms with Gasteiger partial charge in [-0.05, 0) is 19.4 Å². The molecule has 1 aromatic carbocycles. The minimum absolute atomic E-state index is 0.0592. The largest absolute Gasteiger partial charge is 0.448 e. The third-order valence-electron chi connectivity index (χ3n) is 3.13. The van der Waals surface area contributed by atoms with Gasteiger partial charge in [-0.1, -0.05) is 12.1 Å². The van der Waals surface area contributed by atoms with E-state index in [1.54, 1.807) is 19.1 Å². The molecule has 2 rings (SSSR count). The highest BCUT2D eigenvalue weighted by Crippen LogP contribution is 2.27. The lowest BCUT2D eigenvalue weighted by atomic mass is 10.1. The van der Waals surface area contributed by atoms with Crippen molar-refractivity contribution in [3.05, 3.63) is 35.3 Å². The Hall–Kier alpha value is -1.93. The SMILES string of the molecule is Cc1c(C(=O)NCCCNS(C)(=O)=O)oc2c(F)cccc12. The second kappa shape index (κ2) is 6.45. The average molecular weight is 328 g/mol. The number of benzene rings is 1. The van der Waals surface area contributed by atoms with Gasteiger partial charge in [0.2, 0.25) is 10.0 Å². The number of hydrogen-bond acceptors (Lipinski definition) is 4. The number of fused-ring (bicyclic) bond motifs is 1. The standard InChI is InChI=1S/C14H17FN2O4S/c1-9-10-5-3-6-11(15)13(10)21-12(9)14(18)16-7-4-8-17-22(2,19)20/h3,5-6,17H,4,7-8H2,1-2H3,(H,16,18). The Balaban J connectivity index is 1.99. The molecule has 0 aliphatic heterocycles. The fourth-order valence-electron chi connectivity index (χ4n) is 2.05. The van der Waals surface area contributed by atoms with Gasteiger partial charge in [0.15, 0.2) is 17.2 Å². The van der Waals surface area contributed by atoms with Gasteiger partial charge in [-0.15, -0.1) is 0 Å². The third kappa shape index (κ3) is 3.83. The Bertz CT molecular complexity index is 799. The van der Waals surface area contributed by atoms with Crippen LogP contribution < -0.4 is 10.0 Å². The van der Waals surface area contributed by atoms with E-state index < -0.39 is 21.7 Å². The minimum Gasteiger partial charge on any atom is -0.448 e. The molecule has 0 fully saturated rings. The maximum absolute atomic E-state index is 13.6. The van der Waals surface area contributed by atoms with Crippen molar-refractivity contribution in [2.75, 3.05) is 19.3 Å². The zero-order valence-electron chi connectivity index (χ0n) is 12.3. The first-order valence-corrected chi connectivity index (χ1v) is 8.59. The van der Waals surface area contributed by atoms with Crippen LogP contribution in [0.2, 0.25) is 0 Å². The number of para-hydroxylation sites is 1. The highest BCUT2D eigenvalue weighted by atomic mass is 32.2. The first-order valence-electron chi connectivity index (χ1n) is 6.70. The maximum Gasteiger partial charge on any atom is 0.287 e. The maximum atomic E-state index is 13.6. The predicted molar refractivity (Wildman–Crippen MR) is 80.7 cm³/mol. The summed E-state index contributed by atoms with van der Waals surface area (Å²) in [6.07, 6.45) is 1.50. The Morgan fingerprint density at radius 1 is 1.32 bits per heavy atom. The van der Waals surface area contributed by atoms with E-state index in [9.17, 15) is 17.6 Å². The summed E-state index contributed by atoms with van der Waals surface area (Å²) in [4.78, 5) is 12.0. The normalized spacial score (nSPS) is 11.8. The zero-order valence-corrected chi connectivity index (χ0v) is 13.1. The van der Waals surface area contributed by atoms with Crippen molar-refractivity contribution >= 4 is 26.9 Å². The Morgan fingerprint density at radius 3 is 2.68 bits per heavy atom. The highest BCUT2D eigenvalue weighted by molar-refractivity contribution is 7.88. The molecule has 120 valence electrons. The van der Waals surface area contributed by atoms with Crippen LogP contribution in [0.5, 0.6) is 0 Å². The quantitative estimate of drug-likeness (QED) is 0.788. The molecule has 22 heavy (non-hydrogen) atoms. The molecule has 2 aromatic rings. The Morgan fingerprint density at radius 2 is 2.05 bits per heavy atom. The second-order valence-electron chi connectivity index (χ2n) is 4.95. The van der Waals surface area contributed by atoms with Gasteiger partial charge < -0.3 is 9.73 Å². The number of hydrogen-bond donors (Lipinski definition) is 2. The monoisotopic (exact) mass is 328 g/mol. The summed E-state index contributed by atoms with van der Waals surface area (Å²) in [5, 5.41) is 3.18. The molecule has 0 saturated carbocycles. The van der Waals surface area contributed by atoms with E-state index >= 15 is 0 Å². The molecule has 0 aliphatic carbocycles. The first kappa shape index (κ1) is 16.4. The number of halogens is 1. The fraction of sp³-hybridized carbons (Fsp3) is 0.357. The van der Waals surface area contributed by atoms with Crippen LogP contribution in [0.15, 0.2) is 22.6 Å². The summed E-state index contributed by atoms with van der Waals surface area (Å²) in [6.45, 7) is 2.19. The van der Waals surface area contributed by atoms with Crippen LogP contribution in [0, 0.1) is 12.7 Å². The van der Waals surface area contributed by atoms with Crippen LogP contribution in [-0.2, 0) is 10.0 Å². The number of carbonyl (C=O) groups excluding carboxylic acids is 1. The van der Waals surface area contributed by atoms with E-state index in [-0.39, 0.29) is 24.4 Å². The molecule has 6 nitrogen and oxygen atoms in total. The molecule has 2 N–H and O–H groups in total. The molecule has 0 saturated heterocycles. The second-order valence-corrected chi connectivity index (χ2v) is 6.78. The lowest BCUT2D eigenvalue weighted by Crippen LogP contribution is -2.29. The smallest absolute Gasteiger partial charge is 0.287 e. The molecule has 1 aromatic heterocycles.